The molecule has 0 aliphatic carbocycles. The number of amides is 2. The first-order chi connectivity index (χ1) is 13.4. The number of benzene rings is 2. The van der Waals surface area contributed by atoms with E-state index in [0.29, 0.717) is 30.8 Å². The maximum atomic E-state index is 13.0. The summed E-state index contributed by atoms with van der Waals surface area (Å²) in [5, 5.41) is 3.57. The van der Waals surface area contributed by atoms with Crippen molar-refractivity contribution in [2.24, 2.45) is 0 Å². The summed E-state index contributed by atoms with van der Waals surface area (Å²) in [5.74, 6) is -0.170. The molecule has 0 heterocycles. The van der Waals surface area contributed by atoms with Crippen molar-refractivity contribution >= 4 is 23.4 Å². The van der Waals surface area contributed by atoms with Gasteiger partial charge in [0.25, 0.3) is 0 Å². The molecule has 2 aromatic rings. The molecule has 1 unspecified atom stereocenters. The Labute approximate surface area is 172 Å². The van der Waals surface area contributed by atoms with Crippen molar-refractivity contribution < 1.29 is 9.59 Å². The zero-order valence-electron chi connectivity index (χ0n) is 16.8. The van der Waals surface area contributed by atoms with Gasteiger partial charge in [-0.15, -0.1) is 0 Å². The number of hydrogen-bond donors (Lipinski definition) is 1. The number of carbonyl (C=O) groups is 2. The maximum Gasteiger partial charge on any atom is 0.242 e. The smallest absolute Gasteiger partial charge is 0.242 e. The molecule has 0 saturated heterocycles. The van der Waals surface area contributed by atoms with E-state index >= 15 is 0 Å². The molecule has 1 N–H and O–H groups in total. The van der Waals surface area contributed by atoms with Gasteiger partial charge in [0.05, 0.1) is 0 Å². The van der Waals surface area contributed by atoms with Crippen LogP contribution in [0, 0.1) is 0 Å². The topological polar surface area (TPSA) is 49.4 Å². The summed E-state index contributed by atoms with van der Waals surface area (Å²) in [7, 11) is 0. The van der Waals surface area contributed by atoms with Gasteiger partial charge in [-0.1, -0.05) is 60.1 Å². The highest BCUT2D eigenvalue weighted by atomic mass is 35.5. The Morgan fingerprint density at radius 1 is 0.964 bits per heavy atom. The lowest BCUT2D eigenvalue weighted by Crippen LogP contribution is -2.50. The number of nitrogens with one attached hydrogen (secondary N) is 1. The Morgan fingerprint density at radius 3 is 2.25 bits per heavy atom. The number of aryl methyl sites for hydroxylation is 1. The van der Waals surface area contributed by atoms with Gasteiger partial charge < -0.3 is 10.2 Å². The van der Waals surface area contributed by atoms with E-state index in [1.54, 1.807) is 11.8 Å². The molecule has 0 aliphatic heterocycles. The van der Waals surface area contributed by atoms with Crippen LogP contribution in [0.3, 0.4) is 0 Å². The molecule has 0 fully saturated rings. The van der Waals surface area contributed by atoms with Gasteiger partial charge in [0.2, 0.25) is 11.8 Å². The second kappa shape index (κ2) is 10.9. The van der Waals surface area contributed by atoms with Crippen molar-refractivity contribution in [3.05, 3.63) is 70.7 Å². The van der Waals surface area contributed by atoms with Gasteiger partial charge >= 0.3 is 0 Å². The average molecular weight is 401 g/mol. The zero-order valence-corrected chi connectivity index (χ0v) is 17.6. The molecule has 0 aromatic heterocycles. The van der Waals surface area contributed by atoms with E-state index in [1.165, 1.54) is 0 Å². The summed E-state index contributed by atoms with van der Waals surface area (Å²) < 4.78 is 0. The van der Waals surface area contributed by atoms with Crippen LogP contribution < -0.4 is 5.32 Å². The monoisotopic (exact) mass is 400 g/mol. The molecule has 2 amide bonds. The van der Waals surface area contributed by atoms with E-state index in [9.17, 15) is 9.59 Å². The van der Waals surface area contributed by atoms with E-state index < -0.39 is 6.04 Å². The number of nitrogens with zero attached hydrogens (tertiary/aromatic N) is 1. The molecule has 1 atom stereocenters. The molecule has 4 nitrogen and oxygen atoms in total. The lowest BCUT2D eigenvalue weighted by Gasteiger charge is -2.29. The van der Waals surface area contributed by atoms with Gasteiger partial charge in [-0.25, -0.2) is 0 Å². The second-order valence-electron chi connectivity index (χ2n) is 7.25. The van der Waals surface area contributed by atoms with Crippen molar-refractivity contribution in [2.75, 3.05) is 6.54 Å². The Morgan fingerprint density at radius 2 is 1.61 bits per heavy atom. The quantitative estimate of drug-likeness (QED) is 0.683. The van der Waals surface area contributed by atoms with Gasteiger partial charge in [0.15, 0.2) is 0 Å². The van der Waals surface area contributed by atoms with Crippen molar-refractivity contribution in [1.29, 1.82) is 0 Å². The van der Waals surface area contributed by atoms with E-state index in [-0.39, 0.29) is 17.9 Å². The normalized spacial score (nSPS) is 11.9. The molecular weight excluding hydrogens is 372 g/mol. The molecule has 2 rings (SSSR count). The molecule has 28 heavy (non-hydrogen) atoms. The number of hydrogen-bond acceptors (Lipinski definition) is 2. The molecular formula is C23H29ClN2O2. The Hall–Kier alpha value is -2.33. The molecule has 0 radical (unpaired) electrons. The fraction of sp³-hybridized carbons (Fsp3) is 0.391. The van der Waals surface area contributed by atoms with Crippen LogP contribution in [-0.2, 0) is 22.4 Å². The number of carbonyl (C=O) groups excluding carboxylic acids is 2. The van der Waals surface area contributed by atoms with Gasteiger partial charge in [-0.3, -0.25) is 9.59 Å². The highest BCUT2D eigenvalue weighted by Gasteiger charge is 2.25. The van der Waals surface area contributed by atoms with E-state index in [1.807, 2.05) is 68.4 Å². The minimum absolute atomic E-state index is 0.0316. The highest BCUT2D eigenvalue weighted by molar-refractivity contribution is 6.31. The first-order valence-corrected chi connectivity index (χ1v) is 10.1. The third kappa shape index (κ3) is 6.68. The summed E-state index contributed by atoms with van der Waals surface area (Å²) in [5.41, 5.74) is 2.09. The fourth-order valence-electron chi connectivity index (χ4n) is 3.06. The van der Waals surface area contributed by atoms with E-state index in [2.05, 4.69) is 5.32 Å². The molecule has 150 valence electrons. The number of halogens is 1. The van der Waals surface area contributed by atoms with Crippen molar-refractivity contribution in [3.63, 3.8) is 0 Å². The van der Waals surface area contributed by atoms with Crippen molar-refractivity contribution in [2.45, 2.75) is 52.1 Å². The molecule has 0 spiro atoms. The van der Waals surface area contributed by atoms with Gasteiger partial charge in [0.1, 0.15) is 6.04 Å². The van der Waals surface area contributed by atoms with Gasteiger partial charge in [-0.2, -0.15) is 0 Å². The average Bonchev–Trinajstić information content (AvgIpc) is 2.67. The van der Waals surface area contributed by atoms with Crippen LogP contribution in [0.15, 0.2) is 54.6 Å². The number of rotatable bonds is 9. The van der Waals surface area contributed by atoms with Crippen LogP contribution in [0.4, 0.5) is 0 Å². The maximum absolute atomic E-state index is 13.0. The molecule has 0 saturated carbocycles. The Kier molecular flexibility index (Phi) is 8.52. The van der Waals surface area contributed by atoms with Crippen LogP contribution in [0.25, 0.3) is 0 Å². The highest BCUT2D eigenvalue weighted by Crippen LogP contribution is 2.17. The van der Waals surface area contributed by atoms with E-state index in [0.717, 1.165) is 11.1 Å². The Bertz CT molecular complexity index is 777. The van der Waals surface area contributed by atoms with Crippen LogP contribution in [0.5, 0.6) is 0 Å². The predicted octanol–water partition coefficient (Wildman–Crippen LogP) is 4.26. The van der Waals surface area contributed by atoms with Crippen LogP contribution in [0.2, 0.25) is 5.02 Å². The first kappa shape index (κ1) is 22.0. The molecule has 0 aliphatic rings. The SMILES string of the molecule is CC(C)NC(=O)C(C)N(CCc1ccccc1)C(=O)CCc1ccccc1Cl. The minimum Gasteiger partial charge on any atom is -0.352 e. The Balaban J connectivity index is 2.07. The summed E-state index contributed by atoms with van der Waals surface area (Å²) in [6.07, 6.45) is 1.58. The summed E-state index contributed by atoms with van der Waals surface area (Å²) in [4.78, 5) is 27.2. The van der Waals surface area contributed by atoms with Crippen LogP contribution >= 0.6 is 11.6 Å². The molecule has 2 aromatic carbocycles. The summed E-state index contributed by atoms with van der Waals surface area (Å²) >= 11 is 6.21. The third-order valence-corrected chi connectivity index (χ3v) is 5.02. The minimum atomic E-state index is -0.523. The fourth-order valence-corrected chi connectivity index (χ4v) is 3.29. The second-order valence-corrected chi connectivity index (χ2v) is 7.66. The molecule has 0 bridgehead atoms. The standard InChI is InChI=1S/C23H29ClN2O2/c1-17(2)25-23(28)18(3)26(16-15-19-9-5-4-6-10-19)22(27)14-13-20-11-7-8-12-21(20)24/h4-12,17-18H,13-16H2,1-3H3,(H,25,28). The summed E-state index contributed by atoms with van der Waals surface area (Å²) in [6.45, 7) is 6.12. The predicted molar refractivity (Wildman–Crippen MR) is 114 cm³/mol. The van der Waals surface area contributed by atoms with Crippen LogP contribution in [0.1, 0.15) is 38.3 Å². The third-order valence-electron chi connectivity index (χ3n) is 4.65. The zero-order chi connectivity index (χ0) is 20.5. The van der Waals surface area contributed by atoms with Crippen molar-refractivity contribution in [3.8, 4) is 0 Å². The van der Waals surface area contributed by atoms with Crippen LogP contribution in [-0.4, -0.2) is 35.3 Å². The van der Waals surface area contributed by atoms with E-state index in [4.69, 9.17) is 11.6 Å². The molecule has 5 heteroatoms. The lowest BCUT2D eigenvalue weighted by atomic mass is 10.1. The summed E-state index contributed by atoms with van der Waals surface area (Å²) in [6, 6.07) is 17.0. The first-order valence-electron chi connectivity index (χ1n) is 9.75. The lowest BCUT2D eigenvalue weighted by molar-refractivity contribution is -0.140. The van der Waals surface area contributed by atoms with Crippen molar-refractivity contribution in [1.82, 2.24) is 10.2 Å². The van der Waals surface area contributed by atoms with Gasteiger partial charge in [0, 0.05) is 24.0 Å². The largest absolute Gasteiger partial charge is 0.352 e. The van der Waals surface area contributed by atoms with Gasteiger partial charge in [-0.05, 0) is 50.8 Å².